The van der Waals surface area contributed by atoms with Crippen LogP contribution in [0.15, 0.2) is 35.1 Å². The summed E-state index contributed by atoms with van der Waals surface area (Å²) in [4.78, 5) is 27.3. The van der Waals surface area contributed by atoms with E-state index in [4.69, 9.17) is 11.6 Å². The van der Waals surface area contributed by atoms with E-state index in [-0.39, 0.29) is 11.7 Å². The Morgan fingerprint density at radius 3 is 2.31 bits per heavy atom. The maximum atomic E-state index is 12.7. The van der Waals surface area contributed by atoms with Crippen molar-refractivity contribution in [1.82, 2.24) is 9.13 Å². The summed E-state index contributed by atoms with van der Waals surface area (Å²) < 4.78 is 3.22. The van der Waals surface area contributed by atoms with Gasteiger partial charge in [-0.1, -0.05) is 17.7 Å². The van der Waals surface area contributed by atoms with Gasteiger partial charge in [0.1, 0.15) is 0 Å². The molecule has 1 saturated heterocycles. The van der Waals surface area contributed by atoms with Crippen molar-refractivity contribution in [2.24, 2.45) is 14.1 Å². The number of hydrogen-bond donors (Lipinski definition) is 2. The molecule has 0 radical (unpaired) electrons. The number of carbonyl (C=O) groups is 1. The molecule has 0 atom stereocenters. The summed E-state index contributed by atoms with van der Waals surface area (Å²) in [5, 5.41) is 6.39. The van der Waals surface area contributed by atoms with Crippen molar-refractivity contribution in [1.29, 1.82) is 0 Å². The summed E-state index contributed by atoms with van der Waals surface area (Å²) in [6, 6.07) is 8.89. The molecule has 2 amide bonds. The number of anilines is 3. The second-order valence-corrected chi connectivity index (χ2v) is 7.90. The van der Waals surface area contributed by atoms with E-state index in [1.165, 1.54) is 0 Å². The highest BCUT2D eigenvalue weighted by atomic mass is 35.5. The summed E-state index contributed by atoms with van der Waals surface area (Å²) in [6.45, 7) is 3.76. The molecular weight excluding hydrogens is 390 g/mol. The minimum atomic E-state index is -0.356. The number of carbonyl (C=O) groups excluding carboxylic acids is 1. The van der Waals surface area contributed by atoms with E-state index >= 15 is 0 Å². The number of rotatable bonds is 3. The second-order valence-electron chi connectivity index (χ2n) is 7.50. The minimum Gasteiger partial charge on any atom is -0.370 e. The van der Waals surface area contributed by atoms with Crippen molar-refractivity contribution < 1.29 is 4.79 Å². The monoisotopic (exact) mass is 413 g/mol. The van der Waals surface area contributed by atoms with Gasteiger partial charge in [0.05, 0.1) is 22.4 Å². The lowest BCUT2D eigenvalue weighted by atomic mass is 10.2. The minimum absolute atomic E-state index is 0.0942. The van der Waals surface area contributed by atoms with Crippen LogP contribution in [-0.2, 0) is 14.1 Å². The molecule has 2 heterocycles. The molecule has 2 N–H and O–H groups in total. The van der Waals surface area contributed by atoms with Gasteiger partial charge in [-0.2, -0.15) is 0 Å². The first-order valence-corrected chi connectivity index (χ1v) is 10.0. The largest absolute Gasteiger partial charge is 0.370 e. The first kappa shape index (κ1) is 19.4. The van der Waals surface area contributed by atoms with Crippen LogP contribution >= 0.6 is 11.6 Å². The van der Waals surface area contributed by atoms with Crippen LogP contribution < -0.4 is 21.2 Å². The second kappa shape index (κ2) is 7.48. The number of benzene rings is 2. The quantitative estimate of drug-likeness (QED) is 0.679. The molecule has 0 unspecified atom stereocenters. The van der Waals surface area contributed by atoms with Gasteiger partial charge in [-0.15, -0.1) is 0 Å². The Balaban J connectivity index is 1.69. The first-order chi connectivity index (χ1) is 13.8. The molecule has 0 spiro atoms. The van der Waals surface area contributed by atoms with Crippen LogP contribution in [-0.4, -0.2) is 28.3 Å². The normalized spacial score (nSPS) is 13.9. The molecule has 0 bridgehead atoms. The van der Waals surface area contributed by atoms with Crippen LogP contribution in [0.25, 0.3) is 11.0 Å². The molecule has 1 aliphatic heterocycles. The van der Waals surface area contributed by atoms with E-state index in [9.17, 15) is 9.59 Å². The SMILES string of the molecule is Cc1ccc(NC(=O)Nc2cc3c(cc2N2CCCC2)n(C)c(=O)n3C)cc1Cl. The van der Waals surface area contributed by atoms with Crippen LogP contribution in [0.2, 0.25) is 5.02 Å². The zero-order valence-electron chi connectivity index (χ0n) is 16.8. The lowest BCUT2D eigenvalue weighted by Gasteiger charge is -2.22. The zero-order chi connectivity index (χ0) is 20.7. The van der Waals surface area contributed by atoms with Gasteiger partial charge in [-0.3, -0.25) is 9.13 Å². The predicted molar refractivity (Wildman–Crippen MR) is 118 cm³/mol. The average molecular weight is 414 g/mol. The first-order valence-electron chi connectivity index (χ1n) is 9.63. The molecule has 4 rings (SSSR count). The average Bonchev–Trinajstić information content (AvgIpc) is 3.29. The molecule has 1 aromatic heterocycles. The third-order valence-corrected chi connectivity index (χ3v) is 5.92. The Labute approximate surface area is 173 Å². The summed E-state index contributed by atoms with van der Waals surface area (Å²) in [6.07, 6.45) is 2.22. The summed E-state index contributed by atoms with van der Waals surface area (Å²) >= 11 is 6.16. The third-order valence-electron chi connectivity index (χ3n) is 5.51. The Kier molecular flexibility index (Phi) is 5.00. The van der Waals surface area contributed by atoms with Gasteiger partial charge in [0.2, 0.25) is 0 Å². The predicted octanol–water partition coefficient (Wildman–Crippen LogP) is 4.08. The number of nitrogens with zero attached hydrogens (tertiary/aromatic N) is 3. The fourth-order valence-electron chi connectivity index (χ4n) is 3.81. The van der Waals surface area contributed by atoms with Crippen molar-refractivity contribution in [3.63, 3.8) is 0 Å². The number of hydrogen-bond acceptors (Lipinski definition) is 3. The number of aryl methyl sites for hydroxylation is 3. The topological polar surface area (TPSA) is 71.3 Å². The Hall–Kier alpha value is -2.93. The highest BCUT2D eigenvalue weighted by molar-refractivity contribution is 6.31. The molecule has 1 aliphatic rings. The molecular formula is C21H24ClN5O2. The number of nitrogens with one attached hydrogen (secondary N) is 2. The van der Waals surface area contributed by atoms with Gasteiger partial charge >= 0.3 is 11.7 Å². The number of halogens is 1. The van der Waals surface area contributed by atoms with Gasteiger partial charge < -0.3 is 15.5 Å². The number of fused-ring (bicyclic) bond motifs is 1. The fraction of sp³-hybridized carbons (Fsp3) is 0.333. The van der Waals surface area contributed by atoms with E-state index < -0.39 is 0 Å². The van der Waals surface area contributed by atoms with Crippen molar-refractivity contribution >= 4 is 45.7 Å². The highest BCUT2D eigenvalue weighted by Crippen LogP contribution is 2.33. The highest BCUT2D eigenvalue weighted by Gasteiger charge is 2.20. The van der Waals surface area contributed by atoms with E-state index in [1.807, 2.05) is 31.2 Å². The zero-order valence-corrected chi connectivity index (χ0v) is 17.5. The smallest absolute Gasteiger partial charge is 0.328 e. The molecule has 2 aromatic carbocycles. The van der Waals surface area contributed by atoms with Gasteiger partial charge in [0.15, 0.2) is 0 Å². The molecule has 0 aliphatic carbocycles. The van der Waals surface area contributed by atoms with E-state index in [0.717, 1.165) is 48.2 Å². The summed E-state index contributed by atoms with van der Waals surface area (Å²) in [5.74, 6) is 0. The maximum Gasteiger partial charge on any atom is 0.328 e. The van der Waals surface area contributed by atoms with Crippen LogP contribution in [0.3, 0.4) is 0 Å². The van der Waals surface area contributed by atoms with E-state index in [1.54, 1.807) is 29.3 Å². The maximum absolute atomic E-state index is 12.7. The van der Waals surface area contributed by atoms with E-state index in [2.05, 4.69) is 15.5 Å². The van der Waals surface area contributed by atoms with Gasteiger partial charge in [0.25, 0.3) is 0 Å². The van der Waals surface area contributed by atoms with Crippen LogP contribution in [0.1, 0.15) is 18.4 Å². The molecule has 152 valence electrons. The molecule has 3 aromatic rings. The van der Waals surface area contributed by atoms with Crippen LogP contribution in [0.4, 0.5) is 21.9 Å². The van der Waals surface area contributed by atoms with Crippen molar-refractivity contribution in [2.75, 3.05) is 28.6 Å². The fourth-order valence-corrected chi connectivity index (χ4v) is 3.99. The third kappa shape index (κ3) is 3.58. The summed E-state index contributed by atoms with van der Waals surface area (Å²) in [5.41, 5.74) is 4.69. The number of urea groups is 1. The standard InChI is InChI=1S/C21H24ClN5O2/c1-13-6-7-14(10-15(13)22)23-20(28)24-16-11-18-19(26(3)21(29)25(18)2)12-17(16)27-8-4-5-9-27/h6-7,10-12H,4-5,8-9H2,1-3H3,(H2,23,24,28). The lowest BCUT2D eigenvalue weighted by molar-refractivity contribution is 0.262. The van der Waals surface area contributed by atoms with Gasteiger partial charge in [-0.25, -0.2) is 9.59 Å². The van der Waals surface area contributed by atoms with Gasteiger partial charge in [0, 0.05) is 37.9 Å². The molecule has 0 saturated carbocycles. The molecule has 7 nitrogen and oxygen atoms in total. The van der Waals surface area contributed by atoms with Gasteiger partial charge in [-0.05, 0) is 49.6 Å². The van der Waals surface area contributed by atoms with Crippen LogP contribution in [0, 0.1) is 6.92 Å². The van der Waals surface area contributed by atoms with Crippen LogP contribution in [0.5, 0.6) is 0 Å². The Bertz CT molecular complexity index is 1160. The number of aromatic nitrogens is 2. The Morgan fingerprint density at radius 2 is 1.66 bits per heavy atom. The molecule has 1 fully saturated rings. The number of imidazole rings is 1. The van der Waals surface area contributed by atoms with Crippen molar-refractivity contribution in [3.8, 4) is 0 Å². The Morgan fingerprint density at radius 1 is 1.00 bits per heavy atom. The lowest BCUT2D eigenvalue weighted by Crippen LogP contribution is -2.24. The molecule has 29 heavy (non-hydrogen) atoms. The van der Waals surface area contributed by atoms with Crippen molar-refractivity contribution in [2.45, 2.75) is 19.8 Å². The van der Waals surface area contributed by atoms with E-state index in [0.29, 0.717) is 16.4 Å². The summed E-state index contributed by atoms with van der Waals surface area (Å²) in [7, 11) is 3.50. The van der Waals surface area contributed by atoms with Crippen molar-refractivity contribution in [3.05, 3.63) is 51.4 Å². The molecule has 8 heteroatoms. The number of amides is 2.